The van der Waals surface area contributed by atoms with Gasteiger partial charge in [-0.25, -0.2) is 0 Å². The van der Waals surface area contributed by atoms with Crippen molar-refractivity contribution in [1.82, 2.24) is 9.80 Å². The van der Waals surface area contributed by atoms with Gasteiger partial charge in [0.15, 0.2) is 0 Å². The molecule has 1 aromatic carbocycles. The summed E-state index contributed by atoms with van der Waals surface area (Å²) in [7, 11) is 0. The van der Waals surface area contributed by atoms with Crippen molar-refractivity contribution in [3.05, 3.63) is 35.9 Å². The van der Waals surface area contributed by atoms with E-state index in [-0.39, 0.29) is 17.7 Å². The van der Waals surface area contributed by atoms with Gasteiger partial charge in [-0.1, -0.05) is 44.2 Å². The summed E-state index contributed by atoms with van der Waals surface area (Å²) in [6.07, 6.45) is 1.41. The topological polar surface area (TPSA) is 60.9 Å². The van der Waals surface area contributed by atoms with E-state index in [4.69, 9.17) is 0 Å². The molecule has 0 aliphatic carbocycles. The molecule has 136 valence electrons. The van der Waals surface area contributed by atoms with Crippen molar-refractivity contribution in [1.29, 1.82) is 0 Å². The Kier molecular flexibility index (Phi) is 5.13. The molecule has 0 radical (unpaired) electrons. The third-order valence-electron chi connectivity index (χ3n) is 5.36. The molecule has 3 rings (SSSR count). The maximum absolute atomic E-state index is 12.8. The second-order valence-corrected chi connectivity index (χ2v) is 7.82. The summed E-state index contributed by atoms with van der Waals surface area (Å²) in [6, 6.07) is 9.68. The summed E-state index contributed by atoms with van der Waals surface area (Å²) in [6.45, 7) is 6.50. The molecule has 2 heterocycles. The molecule has 0 unspecified atom stereocenters. The number of hydrogen-bond acceptors (Lipinski definition) is 3. The smallest absolute Gasteiger partial charge is 0.227 e. The van der Waals surface area contributed by atoms with E-state index < -0.39 is 5.60 Å². The Labute approximate surface area is 149 Å². The third-order valence-corrected chi connectivity index (χ3v) is 5.36. The predicted molar refractivity (Wildman–Crippen MR) is 95.7 cm³/mol. The molecule has 2 amide bonds. The van der Waals surface area contributed by atoms with E-state index in [0.29, 0.717) is 44.8 Å². The van der Waals surface area contributed by atoms with E-state index in [0.717, 1.165) is 12.1 Å². The van der Waals surface area contributed by atoms with Crippen molar-refractivity contribution in [3.63, 3.8) is 0 Å². The van der Waals surface area contributed by atoms with Crippen LogP contribution in [0.5, 0.6) is 0 Å². The molecule has 2 aliphatic heterocycles. The number of carbonyl (C=O) groups excluding carboxylic acids is 2. The zero-order valence-electron chi connectivity index (χ0n) is 15.1. The molecule has 0 bridgehead atoms. The summed E-state index contributed by atoms with van der Waals surface area (Å²) in [5.41, 5.74) is 0.0639. The number of benzene rings is 1. The number of aliphatic hydroxyl groups is 1. The fourth-order valence-electron chi connectivity index (χ4n) is 3.95. The lowest BCUT2D eigenvalue weighted by Crippen LogP contribution is -2.47. The van der Waals surface area contributed by atoms with Gasteiger partial charge in [0.05, 0.1) is 11.5 Å². The van der Waals surface area contributed by atoms with Gasteiger partial charge in [-0.2, -0.15) is 0 Å². The molecule has 2 fully saturated rings. The Balaban J connectivity index is 1.58. The number of piperidine rings is 1. The van der Waals surface area contributed by atoms with Crippen LogP contribution in [0.1, 0.15) is 38.7 Å². The fraction of sp³-hybridized carbons (Fsp3) is 0.600. The summed E-state index contributed by atoms with van der Waals surface area (Å²) in [5, 5.41) is 10.9. The number of hydrogen-bond donors (Lipinski definition) is 1. The summed E-state index contributed by atoms with van der Waals surface area (Å²) < 4.78 is 0. The van der Waals surface area contributed by atoms with Gasteiger partial charge in [0, 0.05) is 32.6 Å². The number of nitrogens with zero attached hydrogens (tertiary/aromatic N) is 2. The van der Waals surface area contributed by atoms with Crippen LogP contribution >= 0.6 is 0 Å². The number of likely N-dealkylation sites (tertiary alicyclic amines) is 2. The van der Waals surface area contributed by atoms with E-state index >= 15 is 0 Å². The molecule has 5 heteroatoms. The van der Waals surface area contributed by atoms with Crippen molar-refractivity contribution in [2.24, 2.45) is 11.8 Å². The van der Waals surface area contributed by atoms with Crippen molar-refractivity contribution >= 4 is 11.8 Å². The van der Waals surface area contributed by atoms with Crippen LogP contribution in [0.2, 0.25) is 0 Å². The highest BCUT2D eigenvalue weighted by Gasteiger charge is 2.40. The Morgan fingerprint density at radius 1 is 1.24 bits per heavy atom. The first-order chi connectivity index (χ1) is 11.9. The number of amides is 2. The second kappa shape index (κ2) is 7.16. The largest absolute Gasteiger partial charge is 0.385 e. The highest BCUT2D eigenvalue weighted by atomic mass is 16.3. The summed E-state index contributed by atoms with van der Waals surface area (Å²) in [5.74, 6) is 0.336. The standard InChI is InChI=1S/C20H28N2O3/c1-15(2)13-22-14-16(12-18(22)23)19(24)21-10-8-20(25,9-11-21)17-6-4-3-5-7-17/h3-7,15-16,25H,8-14H2,1-2H3/t16-/m1/s1. The van der Waals surface area contributed by atoms with Crippen LogP contribution in [0.25, 0.3) is 0 Å². The lowest BCUT2D eigenvalue weighted by atomic mass is 9.84. The Morgan fingerprint density at radius 3 is 2.48 bits per heavy atom. The molecular formula is C20H28N2O3. The highest BCUT2D eigenvalue weighted by Crippen LogP contribution is 2.33. The maximum atomic E-state index is 12.8. The quantitative estimate of drug-likeness (QED) is 0.909. The van der Waals surface area contributed by atoms with E-state index in [2.05, 4.69) is 13.8 Å². The minimum atomic E-state index is -0.854. The minimum Gasteiger partial charge on any atom is -0.385 e. The SMILES string of the molecule is CC(C)CN1C[C@H](C(=O)N2CCC(O)(c3ccccc3)CC2)CC1=O. The molecule has 0 spiro atoms. The van der Waals surface area contributed by atoms with Crippen LogP contribution in [-0.4, -0.2) is 52.9 Å². The van der Waals surface area contributed by atoms with Crippen LogP contribution in [0.15, 0.2) is 30.3 Å². The Bertz CT molecular complexity index is 621. The molecule has 1 atom stereocenters. The van der Waals surface area contributed by atoms with Gasteiger partial charge in [0.2, 0.25) is 11.8 Å². The van der Waals surface area contributed by atoms with Gasteiger partial charge in [0.1, 0.15) is 0 Å². The van der Waals surface area contributed by atoms with Crippen molar-refractivity contribution in [3.8, 4) is 0 Å². The zero-order valence-corrected chi connectivity index (χ0v) is 15.1. The molecule has 1 aromatic rings. The maximum Gasteiger partial charge on any atom is 0.227 e. The number of carbonyl (C=O) groups is 2. The Hall–Kier alpha value is -1.88. The molecule has 1 N–H and O–H groups in total. The third kappa shape index (κ3) is 3.87. The zero-order chi connectivity index (χ0) is 18.0. The van der Waals surface area contributed by atoms with Crippen LogP contribution in [0.4, 0.5) is 0 Å². The Morgan fingerprint density at radius 2 is 1.88 bits per heavy atom. The van der Waals surface area contributed by atoms with Crippen molar-refractivity contribution in [2.75, 3.05) is 26.2 Å². The number of rotatable bonds is 4. The van der Waals surface area contributed by atoms with Gasteiger partial charge in [-0.05, 0) is 24.3 Å². The van der Waals surface area contributed by atoms with E-state index in [1.807, 2.05) is 40.1 Å². The molecule has 2 saturated heterocycles. The van der Waals surface area contributed by atoms with Gasteiger partial charge in [0.25, 0.3) is 0 Å². The van der Waals surface area contributed by atoms with Gasteiger partial charge >= 0.3 is 0 Å². The van der Waals surface area contributed by atoms with Gasteiger partial charge < -0.3 is 14.9 Å². The van der Waals surface area contributed by atoms with E-state index in [9.17, 15) is 14.7 Å². The minimum absolute atomic E-state index is 0.0646. The van der Waals surface area contributed by atoms with E-state index in [1.165, 1.54) is 0 Å². The van der Waals surface area contributed by atoms with Crippen molar-refractivity contribution in [2.45, 2.75) is 38.7 Å². The molecular weight excluding hydrogens is 316 g/mol. The summed E-state index contributed by atoms with van der Waals surface area (Å²) in [4.78, 5) is 28.5. The van der Waals surface area contributed by atoms with Crippen LogP contribution < -0.4 is 0 Å². The average molecular weight is 344 g/mol. The first kappa shape index (κ1) is 17.9. The monoisotopic (exact) mass is 344 g/mol. The molecule has 2 aliphatic rings. The van der Waals surface area contributed by atoms with Gasteiger partial charge in [-0.15, -0.1) is 0 Å². The summed E-state index contributed by atoms with van der Waals surface area (Å²) >= 11 is 0. The van der Waals surface area contributed by atoms with E-state index in [1.54, 1.807) is 0 Å². The second-order valence-electron chi connectivity index (χ2n) is 7.82. The fourth-order valence-corrected chi connectivity index (χ4v) is 3.95. The average Bonchev–Trinajstić information content (AvgIpc) is 2.96. The predicted octanol–water partition coefficient (Wildman–Crippen LogP) is 2.00. The van der Waals surface area contributed by atoms with Crippen LogP contribution in [-0.2, 0) is 15.2 Å². The first-order valence-corrected chi connectivity index (χ1v) is 9.23. The molecule has 25 heavy (non-hydrogen) atoms. The molecule has 0 aromatic heterocycles. The van der Waals surface area contributed by atoms with Crippen molar-refractivity contribution < 1.29 is 14.7 Å². The normalized spacial score (nSPS) is 23.4. The van der Waals surface area contributed by atoms with Crippen LogP contribution in [0.3, 0.4) is 0 Å². The lowest BCUT2D eigenvalue weighted by Gasteiger charge is -2.39. The molecule has 0 saturated carbocycles. The molecule has 5 nitrogen and oxygen atoms in total. The van der Waals surface area contributed by atoms with Gasteiger partial charge in [-0.3, -0.25) is 9.59 Å². The first-order valence-electron chi connectivity index (χ1n) is 9.23. The van der Waals surface area contributed by atoms with Crippen LogP contribution in [0, 0.1) is 11.8 Å². The lowest BCUT2D eigenvalue weighted by molar-refractivity contribution is -0.140. The highest BCUT2D eigenvalue weighted by molar-refractivity contribution is 5.89.